The van der Waals surface area contributed by atoms with Crippen LogP contribution in [-0.4, -0.2) is 45.7 Å². The van der Waals surface area contributed by atoms with Crippen molar-refractivity contribution in [2.24, 2.45) is 4.99 Å². The summed E-state index contributed by atoms with van der Waals surface area (Å²) in [6.45, 7) is 6.36. The van der Waals surface area contributed by atoms with E-state index in [1.807, 2.05) is 29.2 Å². The molecule has 3 amide bonds. The van der Waals surface area contributed by atoms with Gasteiger partial charge in [-0.3, -0.25) is 14.6 Å². The van der Waals surface area contributed by atoms with Gasteiger partial charge in [0.1, 0.15) is 17.6 Å². The van der Waals surface area contributed by atoms with E-state index in [-0.39, 0.29) is 11.9 Å². The molecule has 0 radical (unpaired) electrons. The summed E-state index contributed by atoms with van der Waals surface area (Å²) in [5, 5.41) is 0. The second-order valence-electron chi connectivity index (χ2n) is 7.38. The summed E-state index contributed by atoms with van der Waals surface area (Å²) in [6, 6.07) is 7.58. The number of fused-ring (bicyclic) bond motifs is 3. The van der Waals surface area contributed by atoms with Crippen molar-refractivity contribution in [3.05, 3.63) is 41.7 Å². The number of rotatable bonds is 5. The van der Waals surface area contributed by atoms with E-state index in [4.69, 9.17) is 4.99 Å². The zero-order chi connectivity index (χ0) is 20.0. The van der Waals surface area contributed by atoms with Crippen molar-refractivity contribution in [2.75, 3.05) is 13.6 Å². The van der Waals surface area contributed by atoms with E-state index in [1.165, 1.54) is 28.2 Å². The first kappa shape index (κ1) is 18.4. The molecule has 7 heteroatoms. The van der Waals surface area contributed by atoms with Crippen LogP contribution >= 0.6 is 0 Å². The average molecular weight is 380 g/mol. The second-order valence-corrected chi connectivity index (χ2v) is 7.38. The van der Waals surface area contributed by atoms with Gasteiger partial charge in [-0.1, -0.05) is 30.5 Å². The number of carbonyl (C=O) groups excluding carboxylic acids is 2. The van der Waals surface area contributed by atoms with Crippen molar-refractivity contribution in [1.29, 1.82) is 0 Å². The van der Waals surface area contributed by atoms with E-state index in [0.717, 1.165) is 17.8 Å². The third-order valence-electron chi connectivity index (χ3n) is 5.54. The summed E-state index contributed by atoms with van der Waals surface area (Å²) in [7, 11) is 1.68. The van der Waals surface area contributed by atoms with Gasteiger partial charge in [-0.25, -0.2) is 9.36 Å². The quantitative estimate of drug-likeness (QED) is 0.749. The van der Waals surface area contributed by atoms with Gasteiger partial charge in [0.2, 0.25) is 11.9 Å². The molecule has 1 atom stereocenters. The predicted molar refractivity (Wildman–Crippen MR) is 106 cm³/mol. The highest BCUT2D eigenvalue weighted by Gasteiger charge is 2.52. The maximum atomic E-state index is 12.9. The molecule has 1 unspecified atom stereocenters. The molecule has 1 saturated heterocycles. The number of hydrogen-bond acceptors (Lipinski definition) is 3. The lowest BCUT2D eigenvalue weighted by Crippen LogP contribution is -2.62. The Kier molecular flexibility index (Phi) is 4.53. The highest BCUT2D eigenvalue weighted by Crippen LogP contribution is 2.31. The monoisotopic (exact) mass is 380 g/mol. The minimum atomic E-state index is -0.582. The molecule has 0 saturated carbocycles. The van der Waals surface area contributed by atoms with Gasteiger partial charge in [-0.2, -0.15) is 4.57 Å². The number of hydrogen-bond donors (Lipinski definition) is 0. The van der Waals surface area contributed by atoms with Gasteiger partial charge in [0.25, 0.3) is 5.91 Å². The van der Waals surface area contributed by atoms with Crippen LogP contribution in [0.15, 0.2) is 35.5 Å². The lowest BCUT2D eigenvalue weighted by atomic mass is 10.1. The molecule has 28 heavy (non-hydrogen) atoms. The number of aryl methyl sites for hydroxylation is 2. The fraction of sp³-hybridized carbons (Fsp3) is 0.429. The Morgan fingerprint density at radius 2 is 1.86 bits per heavy atom. The van der Waals surface area contributed by atoms with E-state index in [9.17, 15) is 9.59 Å². The lowest BCUT2D eigenvalue weighted by molar-refractivity contribution is -0.676. The van der Waals surface area contributed by atoms with E-state index in [0.29, 0.717) is 18.3 Å². The minimum Gasteiger partial charge on any atom is -0.270 e. The van der Waals surface area contributed by atoms with Crippen LogP contribution in [0.25, 0.3) is 5.69 Å². The predicted octanol–water partition coefficient (Wildman–Crippen LogP) is 2.91. The maximum Gasteiger partial charge on any atom is 0.406 e. The topological polar surface area (TPSA) is 61.8 Å². The summed E-state index contributed by atoms with van der Waals surface area (Å²) in [5.74, 6) is 0.938. The molecular formula is C21H26N5O2+. The number of benzene rings is 1. The molecule has 2 aromatic rings. The van der Waals surface area contributed by atoms with Crippen LogP contribution in [0.1, 0.15) is 44.0 Å². The number of aromatic nitrogens is 2. The molecule has 1 aromatic heterocycles. The Hall–Kier alpha value is -2.96. The second kappa shape index (κ2) is 6.89. The average Bonchev–Trinajstić information content (AvgIpc) is 3.20. The van der Waals surface area contributed by atoms with E-state index in [2.05, 4.69) is 31.2 Å². The number of amides is 3. The number of imidazole rings is 1. The maximum absolute atomic E-state index is 12.9. The number of nitrogens with zero attached hydrogens (tertiary/aromatic N) is 5. The zero-order valence-electron chi connectivity index (χ0n) is 16.8. The summed E-state index contributed by atoms with van der Waals surface area (Å²) < 4.78 is 3.92. The summed E-state index contributed by atoms with van der Waals surface area (Å²) in [5.41, 5.74) is 3.32. The zero-order valence-corrected chi connectivity index (χ0v) is 16.8. The van der Waals surface area contributed by atoms with E-state index in [1.54, 1.807) is 7.05 Å². The van der Waals surface area contributed by atoms with Crippen LogP contribution < -0.4 is 4.57 Å². The van der Waals surface area contributed by atoms with Crippen LogP contribution in [0, 0.1) is 6.92 Å². The fourth-order valence-electron chi connectivity index (χ4n) is 3.99. The van der Waals surface area contributed by atoms with Crippen LogP contribution in [0.3, 0.4) is 0 Å². The highest BCUT2D eigenvalue weighted by molar-refractivity contribution is 6.19. The number of unbranched alkanes of at least 4 members (excludes halogenated alkanes) is 1. The lowest BCUT2D eigenvalue weighted by Gasteiger charge is -2.32. The molecule has 146 valence electrons. The molecule has 7 nitrogen and oxygen atoms in total. The van der Waals surface area contributed by atoms with Gasteiger partial charge in [0, 0.05) is 13.6 Å². The Morgan fingerprint density at radius 3 is 2.50 bits per heavy atom. The molecule has 2 aliphatic rings. The van der Waals surface area contributed by atoms with Crippen molar-refractivity contribution >= 4 is 23.7 Å². The van der Waals surface area contributed by atoms with Crippen molar-refractivity contribution < 1.29 is 14.2 Å². The van der Waals surface area contributed by atoms with Crippen molar-refractivity contribution in [2.45, 2.75) is 46.1 Å². The number of carbonyl (C=O) groups is 2. The summed E-state index contributed by atoms with van der Waals surface area (Å²) in [4.78, 5) is 32.8. The van der Waals surface area contributed by atoms with E-state index < -0.39 is 6.04 Å². The Labute approximate surface area is 164 Å². The molecule has 3 heterocycles. The van der Waals surface area contributed by atoms with Crippen LogP contribution in [0.2, 0.25) is 0 Å². The molecule has 4 rings (SSSR count). The highest BCUT2D eigenvalue weighted by atomic mass is 16.2. The molecule has 2 aliphatic heterocycles. The SMILES string of the molecule is CCCCc1ccc(-n2c(C)c[n+]3c2N=C2C3C(=O)N(CC)C(=O)N2C)cc1. The number of likely N-dealkylation sites (N-methyl/N-ethyl adjacent to an activating group) is 2. The Morgan fingerprint density at radius 1 is 1.14 bits per heavy atom. The minimum absolute atomic E-state index is 0.222. The van der Waals surface area contributed by atoms with E-state index >= 15 is 0 Å². The molecule has 0 bridgehead atoms. The van der Waals surface area contributed by atoms with Crippen molar-refractivity contribution in [1.82, 2.24) is 14.4 Å². The summed E-state index contributed by atoms with van der Waals surface area (Å²) in [6.07, 6.45) is 5.37. The van der Waals surface area contributed by atoms with Gasteiger partial charge in [-0.05, 0) is 44.4 Å². The largest absolute Gasteiger partial charge is 0.406 e. The number of urea groups is 1. The molecular weight excluding hydrogens is 354 g/mol. The Bertz CT molecular complexity index is 973. The Balaban J connectivity index is 1.76. The molecule has 0 aliphatic carbocycles. The van der Waals surface area contributed by atoms with Crippen molar-refractivity contribution in [3.8, 4) is 5.69 Å². The third-order valence-corrected chi connectivity index (χ3v) is 5.54. The van der Waals surface area contributed by atoms with Gasteiger partial charge in [0.15, 0.2) is 0 Å². The van der Waals surface area contributed by atoms with Crippen LogP contribution in [0.4, 0.5) is 10.7 Å². The third kappa shape index (κ3) is 2.65. The molecule has 1 aromatic carbocycles. The molecule has 1 fully saturated rings. The first-order valence-electron chi connectivity index (χ1n) is 9.88. The van der Waals surface area contributed by atoms with Gasteiger partial charge in [-0.15, -0.1) is 0 Å². The van der Waals surface area contributed by atoms with Gasteiger partial charge in [0.05, 0.1) is 0 Å². The summed E-state index contributed by atoms with van der Waals surface area (Å²) >= 11 is 0. The van der Waals surface area contributed by atoms with Gasteiger partial charge < -0.3 is 0 Å². The van der Waals surface area contributed by atoms with Gasteiger partial charge >= 0.3 is 12.0 Å². The molecule has 0 spiro atoms. The number of imide groups is 1. The standard InChI is InChI=1S/C21H26N5O2/c1-5-7-8-15-9-11-16(12-10-15)26-14(3)13-25-17-18(22-20(25)26)23(4)21(28)24(6-2)19(17)27/h9-13,17H,5-8H2,1-4H3/q+1. The molecule has 0 N–H and O–H groups in total. The van der Waals surface area contributed by atoms with Crippen LogP contribution in [0.5, 0.6) is 0 Å². The fourth-order valence-corrected chi connectivity index (χ4v) is 3.99. The number of amidine groups is 1. The van der Waals surface area contributed by atoms with Crippen LogP contribution in [-0.2, 0) is 11.2 Å². The normalized spacial score (nSPS) is 18.4. The first-order chi connectivity index (χ1) is 13.5. The smallest absolute Gasteiger partial charge is 0.270 e. The van der Waals surface area contributed by atoms with Crippen molar-refractivity contribution in [3.63, 3.8) is 0 Å². The number of aliphatic imine (C=N–C) groups is 1. The first-order valence-corrected chi connectivity index (χ1v) is 9.88.